The van der Waals surface area contributed by atoms with Gasteiger partial charge in [0.1, 0.15) is 23.2 Å². The van der Waals surface area contributed by atoms with Crippen LogP contribution in [0.5, 0.6) is 5.75 Å². The van der Waals surface area contributed by atoms with Gasteiger partial charge in [0, 0.05) is 12.5 Å². The fourth-order valence-electron chi connectivity index (χ4n) is 2.27. The van der Waals surface area contributed by atoms with Crippen molar-refractivity contribution in [3.05, 3.63) is 76.1 Å². The van der Waals surface area contributed by atoms with Crippen LogP contribution in [0, 0.1) is 0 Å². The highest BCUT2D eigenvalue weighted by atomic mass is 16.4. The van der Waals surface area contributed by atoms with E-state index in [1.54, 1.807) is 0 Å². The first-order chi connectivity index (χ1) is 10.1. The number of phenols is 1. The Morgan fingerprint density at radius 3 is 2.57 bits per heavy atom. The second-order valence-electron chi connectivity index (χ2n) is 4.90. The maximum absolute atomic E-state index is 12.0. The lowest BCUT2D eigenvalue weighted by atomic mass is 10.1. The molecule has 21 heavy (non-hydrogen) atoms. The summed E-state index contributed by atoms with van der Waals surface area (Å²) < 4.78 is 5.57. The molecule has 0 aliphatic carbocycles. The van der Waals surface area contributed by atoms with Crippen LogP contribution in [0.25, 0.3) is 11.0 Å². The van der Waals surface area contributed by atoms with Crippen molar-refractivity contribution in [1.82, 2.24) is 0 Å². The van der Waals surface area contributed by atoms with Crippen LogP contribution in [-0.4, -0.2) is 10.2 Å². The zero-order valence-corrected chi connectivity index (χ0v) is 11.2. The molecule has 0 radical (unpaired) electrons. The van der Waals surface area contributed by atoms with Crippen molar-refractivity contribution >= 4 is 11.0 Å². The van der Waals surface area contributed by atoms with E-state index in [9.17, 15) is 15.0 Å². The minimum absolute atomic E-state index is 0.00684. The lowest BCUT2D eigenvalue weighted by Gasteiger charge is -2.10. The number of hydrogen-bond donors (Lipinski definition) is 2. The molecule has 0 fully saturated rings. The third kappa shape index (κ3) is 2.80. The van der Waals surface area contributed by atoms with Gasteiger partial charge in [-0.1, -0.05) is 30.3 Å². The van der Waals surface area contributed by atoms with Crippen LogP contribution in [0.2, 0.25) is 0 Å². The van der Waals surface area contributed by atoms with E-state index >= 15 is 0 Å². The first-order valence-corrected chi connectivity index (χ1v) is 6.62. The van der Waals surface area contributed by atoms with Gasteiger partial charge in [0.05, 0.1) is 5.39 Å². The van der Waals surface area contributed by atoms with Crippen molar-refractivity contribution in [2.45, 2.75) is 12.5 Å². The van der Waals surface area contributed by atoms with Crippen LogP contribution in [0.3, 0.4) is 0 Å². The number of aromatic hydroxyl groups is 1. The van der Waals surface area contributed by atoms with Crippen molar-refractivity contribution < 1.29 is 14.6 Å². The molecular formula is C17H14O4. The van der Waals surface area contributed by atoms with Gasteiger partial charge in [0.25, 0.3) is 0 Å². The predicted molar refractivity (Wildman–Crippen MR) is 79.3 cm³/mol. The van der Waals surface area contributed by atoms with Crippen molar-refractivity contribution in [3.63, 3.8) is 0 Å². The molecule has 3 rings (SSSR count). The first-order valence-electron chi connectivity index (χ1n) is 6.62. The number of aliphatic hydroxyl groups excluding tert-OH is 1. The zero-order chi connectivity index (χ0) is 14.8. The summed E-state index contributed by atoms with van der Waals surface area (Å²) >= 11 is 0. The number of phenolic OH excluding ortho intramolecular Hbond substituents is 1. The summed E-state index contributed by atoms with van der Waals surface area (Å²) in [5.41, 5.74) is 1.02. The van der Waals surface area contributed by atoms with E-state index in [0.717, 1.165) is 5.56 Å². The molecular weight excluding hydrogens is 268 g/mol. The highest BCUT2D eigenvalue weighted by molar-refractivity contribution is 5.78. The Morgan fingerprint density at radius 1 is 1.05 bits per heavy atom. The van der Waals surface area contributed by atoms with Gasteiger partial charge < -0.3 is 14.6 Å². The second kappa shape index (κ2) is 5.42. The summed E-state index contributed by atoms with van der Waals surface area (Å²) in [6.45, 7) is 0. The van der Waals surface area contributed by atoms with Crippen LogP contribution < -0.4 is 5.43 Å². The van der Waals surface area contributed by atoms with Gasteiger partial charge in [0.2, 0.25) is 0 Å². The highest BCUT2D eigenvalue weighted by Gasteiger charge is 2.14. The van der Waals surface area contributed by atoms with E-state index in [1.165, 1.54) is 24.3 Å². The molecule has 0 saturated heterocycles. The maximum atomic E-state index is 12.0. The quantitative estimate of drug-likeness (QED) is 0.775. The van der Waals surface area contributed by atoms with Gasteiger partial charge in [0.15, 0.2) is 5.43 Å². The molecule has 0 aliphatic heterocycles. The van der Waals surface area contributed by atoms with E-state index in [-0.39, 0.29) is 16.9 Å². The molecule has 1 aromatic heterocycles. The van der Waals surface area contributed by atoms with E-state index in [2.05, 4.69) is 0 Å². The highest BCUT2D eigenvalue weighted by Crippen LogP contribution is 2.23. The molecule has 4 heteroatoms. The molecule has 1 unspecified atom stereocenters. The average Bonchev–Trinajstić information content (AvgIpc) is 2.49. The van der Waals surface area contributed by atoms with Crippen LogP contribution in [0.4, 0.5) is 0 Å². The predicted octanol–water partition coefficient (Wildman–Crippen LogP) is 2.77. The maximum Gasteiger partial charge on any atom is 0.193 e. The molecule has 0 spiro atoms. The molecule has 0 saturated carbocycles. The van der Waals surface area contributed by atoms with Crippen molar-refractivity contribution in [2.75, 3.05) is 0 Å². The Kier molecular flexibility index (Phi) is 3.46. The van der Waals surface area contributed by atoms with Crippen LogP contribution >= 0.6 is 0 Å². The fourth-order valence-corrected chi connectivity index (χ4v) is 2.27. The summed E-state index contributed by atoms with van der Waals surface area (Å²) in [4.78, 5) is 12.0. The molecule has 0 bridgehead atoms. The average molecular weight is 282 g/mol. The molecule has 0 aliphatic rings. The van der Waals surface area contributed by atoms with E-state index < -0.39 is 6.10 Å². The van der Waals surface area contributed by atoms with E-state index in [4.69, 9.17) is 4.42 Å². The summed E-state index contributed by atoms with van der Waals surface area (Å²) in [5, 5.41) is 19.9. The van der Waals surface area contributed by atoms with Crippen molar-refractivity contribution in [1.29, 1.82) is 0 Å². The van der Waals surface area contributed by atoms with Crippen LogP contribution in [-0.2, 0) is 6.42 Å². The van der Waals surface area contributed by atoms with Gasteiger partial charge in [-0.15, -0.1) is 0 Å². The Morgan fingerprint density at radius 2 is 1.81 bits per heavy atom. The number of fused-ring (bicyclic) bond motifs is 1. The summed E-state index contributed by atoms with van der Waals surface area (Å²) in [6.07, 6.45) is -0.522. The smallest absolute Gasteiger partial charge is 0.193 e. The molecule has 4 nitrogen and oxygen atoms in total. The lowest BCUT2D eigenvalue weighted by Crippen LogP contribution is -2.08. The van der Waals surface area contributed by atoms with Gasteiger partial charge in [-0.2, -0.15) is 0 Å². The minimum atomic E-state index is -0.890. The Labute approximate surface area is 120 Å². The van der Waals surface area contributed by atoms with Gasteiger partial charge >= 0.3 is 0 Å². The normalized spacial score (nSPS) is 12.4. The summed E-state index contributed by atoms with van der Waals surface area (Å²) in [7, 11) is 0. The Bertz CT molecular complexity index is 821. The molecule has 0 amide bonds. The third-order valence-electron chi connectivity index (χ3n) is 3.33. The van der Waals surface area contributed by atoms with Crippen LogP contribution in [0.1, 0.15) is 17.4 Å². The van der Waals surface area contributed by atoms with Crippen molar-refractivity contribution in [3.8, 4) is 5.75 Å². The largest absolute Gasteiger partial charge is 0.508 e. The summed E-state index contributed by atoms with van der Waals surface area (Å²) in [6, 6.07) is 15.1. The third-order valence-corrected chi connectivity index (χ3v) is 3.33. The number of benzene rings is 2. The van der Waals surface area contributed by atoms with Gasteiger partial charge in [-0.05, 0) is 23.8 Å². The van der Waals surface area contributed by atoms with Crippen molar-refractivity contribution in [2.24, 2.45) is 0 Å². The number of rotatable bonds is 3. The zero-order valence-electron chi connectivity index (χ0n) is 11.2. The van der Waals surface area contributed by atoms with E-state index in [0.29, 0.717) is 17.4 Å². The number of aliphatic hydroxyl groups is 1. The molecule has 106 valence electrons. The second-order valence-corrected chi connectivity index (χ2v) is 4.90. The number of hydrogen-bond acceptors (Lipinski definition) is 4. The van der Waals surface area contributed by atoms with Gasteiger partial charge in [-0.3, -0.25) is 4.79 Å². The monoisotopic (exact) mass is 282 g/mol. The Hall–Kier alpha value is -2.59. The molecule has 3 aromatic rings. The molecule has 2 aromatic carbocycles. The minimum Gasteiger partial charge on any atom is -0.508 e. The standard InChI is InChI=1S/C17H14O4/c18-12-6-7-16-13(9-12)14(19)10-17(21-16)15(20)8-11-4-2-1-3-5-11/h1-7,9-10,15,18,20H,8H2. The lowest BCUT2D eigenvalue weighted by molar-refractivity contribution is 0.151. The molecule has 2 N–H and O–H groups in total. The van der Waals surface area contributed by atoms with Gasteiger partial charge in [-0.25, -0.2) is 0 Å². The fraction of sp³-hybridized carbons (Fsp3) is 0.118. The topological polar surface area (TPSA) is 70.7 Å². The Balaban J connectivity index is 1.97. The molecule has 1 atom stereocenters. The van der Waals surface area contributed by atoms with E-state index in [1.807, 2.05) is 30.3 Å². The first kappa shape index (κ1) is 13.4. The summed E-state index contributed by atoms with van der Waals surface area (Å²) in [5.74, 6) is 0.231. The molecule has 1 heterocycles. The van der Waals surface area contributed by atoms with Crippen LogP contribution in [0.15, 0.2) is 63.8 Å². The SMILES string of the molecule is O=c1cc(C(O)Cc2ccccc2)oc2ccc(O)cc12.